The average molecular weight is 343 g/mol. The first kappa shape index (κ1) is 18.6. The van der Waals surface area contributed by atoms with E-state index in [0.717, 1.165) is 24.1 Å². The summed E-state index contributed by atoms with van der Waals surface area (Å²) in [5.41, 5.74) is 7.05. The Bertz CT molecular complexity index is 723. The first-order valence-electron chi connectivity index (χ1n) is 8.52. The fourth-order valence-electron chi connectivity index (χ4n) is 2.71. The van der Waals surface area contributed by atoms with Gasteiger partial charge in [0.1, 0.15) is 0 Å². The van der Waals surface area contributed by atoms with Crippen LogP contribution in [0.25, 0.3) is 5.69 Å². The van der Waals surface area contributed by atoms with E-state index in [1.54, 1.807) is 0 Å². The van der Waals surface area contributed by atoms with E-state index < -0.39 is 5.91 Å². The van der Waals surface area contributed by atoms with E-state index in [1.165, 1.54) is 10.9 Å². The van der Waals surface area contributed by atoms with Gasteiger partial charge in [-0.1, -0.05) is 44.0 Å². The van der Waals surface area contributed by atoms with E-state index >= 15 is 0 Å². The molecule has 2 atom stereocenters. The van der Waals surface area contributed by atoms with Crippen LogP contribution < -0.4 is 11.1 Å². The Hall–Kier alpha value is -2.70. The largest absolute Gasteiger partial charge is 0.364 e. The third-order valence-corrected chi connectivity index (χ3v) is 4.10. The van der Waals surface area contributed by atoms with Crippen molar-refractivity contribution >= 4 is 11.8 Å². The molecule has 1 heterocycles. The zero-order valence-corrected chi connectivity index (χ0v) is 14.9. The van der Waals surface area contributed by atoms with E-state index in [2.05, 4.69) is 29.5 Å². The van der Waals surface area contributed by atoms with Crippen LogP contribution in [0, 0.1) is 5.92 Å². The Morgan fingerprint density at radius 1 is 1.24 bits per heavy atom. The highest BCUT2D eigenvalue weighted by Gasteiger charge is 2.13. The Labute approximate surface area is 147 Å². The highest BCUT2D eigenvalue weighted by atomic mass is 16.2. The van der Waals surface area contributed by atoms with Gasteiger partial charge < -0.3 is 11.1 Å². The molecule has 1 aromatic heterocycles. The zero-order valence-electron chi connectivity index (χ0n) is 14.9. The lowest BCUT2D eigenvalue weighted by molar-refractivity contribution is -0.122. The molecule has 3 N–H and O–H groups in total. The maximum atomic E-state index is 12.1. The van der Waals surface area contributed by atoms with Crippen LogP contribution in [-0.2, 0) is 4.79 Å². The second-order valence-corrected chi connectivity index (χ2v) is 6.39. The standard InChI is InChI=1S/C18H25N5O2/c1-4-5-12(2)10-17(24)20-13(3)14-6-8-15(9-7-14)23-11-16(18(19)25)21-22-23/h6-9,11-13H,4-5,10H2,1-3H3,(H2,19,25)(H,20,24)/t12-,13-/m1/s1. The lowest BCUT2D eigenvalue weighted by Gasteiger charge is -2.16. The number of primary amides is 1. The van der Waals surface area contributed by atoms with Crippen LogP contribution in [0.1, 0.15) is 62.1 Å². The molecule has 0 saturated heterocycles. The van der Waals surface area contributed by atoms with Gasteiger partial charge in [-0.25, -0.2) is 4.68 Å². The summed E-state index contributed by atoms with van der Waals surface area (Å²) in [7, 11) is 0. The average Bonchev–Trinajstić information content (AvgIpc) is 3.05. The summed E-state index contributed by atoms with van der Waals surface area (Å²) in [6.07, 6.45) is 4.18. The molecule has 7 nitrogen and oxygen atoms in total. The van der Waals surface area contributed by atoms with Gasteiger partial charge in [-0.05, 0) is 30.5 Å². The lowest BCUT2D eigenvalue weighted by atomic mass is 10.0. The topological polar surface area (TPSA) is 103 Å². The van der Waals surface area contributed by atoms with Crippen LogP contribution >= 0.6 is 0 Å². The smallest absolute Gasteiger partial charge is 0.270 e. The Morgan fingerprint density at radius 2 is 1.92 bits per heavy atom. The predicted octanol–water partition coefficient (Wildman–Crippen LogP) is 2.37. The minimum absolute atomic E-state index is 0.0694. The molecule has 7 heteroatoms. The van der Waals surface area contributed by atoms with Gasteiger partial charge in [0.15, 0.2) is 5.69 Å². The van der Waals surface area contributed by atoms with Crippen molar-refractivity contribution in [2.75, 3.05) is 0 Å². The quantitative estimate of drug-likeness (QED) is 0.768. The van der Waals surface area contributed by atoms with Crippen molar-refractivity contribution in [1.29, 1.82) is 0 Å². The summed E-state index contributed by atoms with van der Waals surface area (Å²) >= 11 is 0. The van der Waals surface area contributed by atoms with E-state index in [-0.39, 0.29) is 17.6 Å². The minimum atomic E-state index is -0.614. The molecule has 25 heavy (non-hydrogen) atoms. The molecule has 0 spiro atoms. The Kier molecular flexibility index (Phi) is 6.27. The second-order valence-electron chi connectivity index (χ2n) is 6.39. The molecule has 0 saturated carbocycles. The minimum Gasteiger partial charge on any atom is -0.364 e. The van der Waals surface area contributed by atoms with Crippen molar-refractivity contribution in [2.45, 2.75) is 46.1 Å². The number of nitrogens with one attached hydrogen (secondary N) is 1. The number of aromatic nitrogens is 3. The van der Waals surface area contributed by atoms with Crippen LogP contribution in [0.2, 0.25) is 0 Å². The monoisotopic (exact) mass is 343 g/mol. The summed E-state index contributed by atoms with van der Waals surface area (Å²) in [5, 5.41) is 10.6. The number of hydrogen-bond donors (Lipinski definition) is 2. The van der Waals surface area contributed by atoms with Gasteiger partial charge in [0, 0.05) is 6.42 Å². The Balaban J connectivity index is 1.98. The highest BCUT2D eigenvalue weighted by molar-refractivity contribution is 5.90. The molecule has 0 aliphatic carbocycles. The van der Waals surface area contributed by atoms with Gasteiger partial charge in [-0.3, -0.25) is 9.59 Å². The molecule has 0 aliphatic rings. The number of hydrogen-bond acceptors (Lipinski definition) is 4. The summed E-state index contributed by atoms with van der Waals surface area (Å²) in [6.45, 7) is 6.18. The molecule has 1 aromatic carbocycles. The maximum Gasteiger partial charge on any atom is 0.270 e. The first-order valence-corrected chi connectivity index (χ1v) is 8.52. The van der Waals surface area contributed by atoms with Gasteiger partial charge in [0.05, 0.1) is 17.9 Å². The first-order chi connectivity index (χ1) is 11.9. The number of nitrogens with zero attached hydrogens (tertiary/aromatic N) is 3. The van der Waals surface area contributed by atoms with Crippen molar-refractivity contribution in [3.63, 3.8) is 0 Å². The summed E-state index contributed by atoms with van der Waals surface area (Å²) in [4.78, 5) is 23.2. The second kappa shape index (κ2) is 8.41. The van der Waals surface area contributed by atoms with E-state index in [4.69, 9.17) is 5.73 Å². The van der Waals surface area contributed by atoms with Crippen molar-refractivity contribution in [3.8, 4) is 5.69 Å². The van der Waals surface area contributed by atoms with Crippen molar-refractivity contribution in [2.24, 2.45) is 11.7 Å². The van der Waals surface area contributed by atoms with Crippen LogP contribution in [0.3, 0.4) is 0 Å². The van der Waals surface area contributed by atoms with Gasteiger partial charge >= 0.3 is 0 Å². The predicted molar refractivity (Wildman–Crippen MR) is 95.1 cm³/mol. The summed E-state index contributed by atoms with van der Waals surface area (Å²) in [5.74, 6) is -0.150. The fourth-order valence-corrected chi connectivity index (χ4v) is 2.71. The molecule has 0 aliphatic heterocycles. The number of amides is 2. The third kappa shape index (κ3) is 5.14. The molecule has 0 fully saturated rings. The highest BCUT2D eigenvalue weighted by Crippen LogP contribution is 2.17. The number of carbonyl (C=O) groups excluding carboxylic acids is 2. The SMILES string of the molecule is CCC[C@@H](C)CC(=O)N[C@H](C)c1ccc(-n2cc(C(N)=O)nn2)cc1. The van der Waals surface area contributed by atoms with Gasteiger partial charge in [-0.15, -0.1) is 5.10 Å². The number of nitrogens with two attached hydrogens (primary N) is 1. The number of benzene rings is 1. The van der Waals surface area contributed by atoms with Gasteiger partial charge in [0.2, 0.25) is 5.91 Å². The van der Waals surface area contributed by atoms with Gasteiger partial charge in [-0.2, -0.15) is 0 Å². The number of carbonyl (C=O) groups is 2. The lowest BCUT2D eigenvalue weighted by Crippen LogP contribution is -2.27. The summed E-state index contributed by atoms with van der Waals surface area (Å²) in [6, 6.07) is 7.48. The molecule has 2 aromatic rings. The van der Waals surface area contributed by atoms with Crippen LogP contribution in [0.5, 0.6) is 0 Å². The molecule has 0 unspecified atom stereocenters. The van der Waals surface area contributed by atoms with Crippen molar-refractivity contribution in [1.82, 2.24) is 20.3 Å². The molecule has 134 valence electrons. The zero-order chi connectivity index (χ0) is 18.4. The third-order valence-electron chi connectivity index (χ3n) is 4.10. The van der Waals surface area contributed by atoms with Gasteiger partial charge in [0.25, 0.3) is 5.91 Å². The van der Waals surface area contributed by atoms with E-state index in [0.29, 0.717) is 12.3 Å². The van der Waals surface area contributed by atoms with Crippen molar-refractivity contribution in [3.05, 3.63) is 41.7 Å². The molecular formula is C18H25N5O2. The van der Waals surface area contributed by atoms with Crippen LogP contribution in [-0.4, -0.2) is 26.8 Å². The van der Waals surface area contributed by atoms with Crippen molar-refractivity contribution < 1.29 is 9.59 Å². The normalized spacial score (nSPS) is 13.2. The van der Waals surface area contributed by atoms with Crippen LogP contribution in [0.15, 0.2) is 30.5 Å². The summed E-state index contributed by atoms with van der Waals surface area (Å²) < 4.78 is 1.49. The molecule has 2 amide bonds. The molecular weight excluding hydrogens is 318 g/mol. The number of rotatable bonds is 8. The molecule has 0 bridgehead atoms. The van der Waals surface area contributed by atoms with E-state index in [9.17, 15) is 9.59 Å². The van der Waals surface area contributed by atoms with Crippen LogP contribution in [0.4, 0.5) is 0 Å². The van der Waals surface area contributed by atoms with E-state index in [1.807, 2.05) is 31.2 Å². The fraction of sp³-hybridized carbons (Fsp3) is 0.444. The molecule has 0 radical (unpaired) electrons. The molecule has 2 rings (SSSR count). The Morgan fingerprint density at radius 3 is 2.48 bits per heavy atom. The maximum absolute atomic E-state index is 12.1.